The van der Waals surface area contributed by atoms with E-state index in [1.165, 1.54) is 0 Å². The van der Waals surface area contributed by atoms with Crippen LogP contribution in [0.4, 0.5) is 0 Å². The first-order valence-corrected chi connectivity index (χ1v) is 10.1. The van der Waals surface area contributed by atoms with Crippen molar-refractivity contribution in [1.82, 2.24) is 9.97 Å². The number of nitrogens with zero attached hydrogens (tertiary/aromatic N) is 2. The van der Waals surface area contributed by atoms with Gasteiger partial charge in [-0.05, 0) is 75.3 Å². The first kappa shape index (κ1) is 18.9. The second kappa shape index (κ2) is 7.92. The Balaban J connectivity index is 1.78. The summed E-state index contributed by atoms with van der Waals surface area (Å²) in [4.78, 5) is 9.52. The molecule has 144 valence electrons. The van der Waals surface area contributed by atoms with E-state index in [0.29, 0.717) is 11.4 Å². The molecule has 2 aliphatic rings. The number of ether oxygens (including phenoxy) is 2. The van der Waals surface area contributed by atoms with Gasteiger partial charge in [0.25, 0.3) is 0 Å². The lowest BCUT2D eigenvalue weighted by Crippen LogP contribution is -2.25. The molecule has 4 heteroatoms. The number of hydrogen-bond donors (Lipinski definition) is 0. The number of hydrogen-bond acceptors (Lipinski definition) is 4. The molecule has 0 spiro atoms. The first-order valence-electron chi connectivity index (χ1n) is 10.1. The third kappa shape index (κ3) is 3.76. The molecule has 0 radical (unpaired) electrons. The van der Waals surface area contributed by atoms with Crippen LogP contribution in [-0.2, 0) is 9.47 Å². The Morgan fingerprint density at radius 3 is 1.46 bits per heavy atom. The quantitative estimate of drug-likeness (QED) is 0.737. The zero-order chi connectivity index (χ0) is 19.5. The summed E-state index contributed by atoms with van der Waals surface area (Å²) in [6.07, 6.45) is 8.45. The second-order valence-corrected chi connectivity index (χ2v) is 7.72. The lowest BCUT2D eigenvalue weighted by molar-refractivity contribution is 0.0472. The summed E-state index contributed by atoms with van der Waals surface area (Å²) in [6, 6.07) is 7.84. The Labute approximate surface area is 167 Å². The van der Waals surface area contributed by atoms with E-state index in [0.717, 1.165) is 62.4 Å². The lowest BCUT2D eigenvalue weighted by Gasteiger charge is -2.20. The van der Waals surface area contributed by atoms with Gasteiger partial charge in [0.05, 0.1) is 11.0 Å². The highest BCUT2D eigenvalue weighted by molar-refractivity contribution is 5.75. The summed E-state index contributed by atoms with van der Waals surface area (Å²) < 4.78 is 11.5. The fourth-order valence-corrected chi connectivity index (χ4v) is 4.17. The average Bonchev–Trinajstić information content (AvgIpc) is 3.41. The van der Waals surface area contributed by atoms with Gasteiger partial charge in [-0.3, -0.25) is 0 Å². The molecular weight excluding hydrogens is 348 g/mol. The van der Waals surface area contributed by atoms with E-state index >= 15 is 0 Å². The molecule has 4 nitrogen and oxygen atoms in total. The summed E-state index contributed by atoms with van der Waals surface area (Å²) in [5, 5.41) is 0. The molecule has 1 aromatic carbocycles. The summed E-state index contributed by atoms with van der Waals surface area (Å²) in [5.41, 5.74) is 2.18. The van der Waals surface area contributed by atoms with E-state index in [9.17, 15) is 0 Å². The van der Waals surface area contributed by atoms with E-state index in [4.69, 9.17) is 19.4 Å². The maximum absolute atomic E-state index is 5.74. The molecule has 1 aromatic heterocycles. The van der Waals surface area contributed by atoms with Crippen LogP contribution in [0.2, 0.25) is 0 Å². The molecular formula is C24H26N2O2. The second-order valence-electron chi connectivity index (χ2n) is 7.72. The van der Waals surface area contributed by atoms with Crippen LogP contribution < -0.4 is 0 Å². The smallest absolute Gasteiger partial charge is 0.148 e. The van der Waals surface area contributed by atoms with Crippen LogP contribution in [0.25, 0.3) is 11.0 Å². The summed E-state index contributed by atoms with van der Waals surface area (Å²) in [7, 11) is 3.49. The Hall–Kier alpha value is -2.40. The standard InChI is InChI=1S/C24H26N2O2/c1-27-23(13-5-6-14-23)17-11-21-22(12-18-24(28-2)15-7-8-16-24)26-20-10-4-3-9-19(20)25-21/h3-4,9-10H,5-8,13-16H2,1-2H3. The van der Waals surface area contributed by atoms with Crippen LogP contribution >= 0.6 is 0 Å². The molecule has 1 heterocycles. The van der Waals surface area contributed by atoms with Crippen LogP contribution in [0.1, 0.15) is 62.8 Å². The van der Waals surface area contributed by atoms with Crippen molar-refractivity contribution in [3.05, 3.63) is 35.7 Å². The van der Waals surface area contributed by atoms with Gasteiger partial charge in [0.1, 0.15) is 22.6 Å². The lowest BCUT2D eigenvalue weighted by atomic mass is 10.0. The van der Waals surface area contributed by atoms with Crippen molar-refractivity contribution in [2.24, 2.45) is 0 Å². The number of fused-ring (bicyclic) bond motifs is 1. The van der Waals surface area contributed by atoms with Crippen molar-refractivity contribution in [3.8, 4) is 23.7 Å². The van der Waals surface area contributed by atoms with Crippen molar-refractivity contribution in [2.45, 2.75) is 62.6 Å². The largest absolute Gasteiger partial charge is 0.366 e. The SMILES string of the molecule is COC1(C#Cc2nc3ccccc3nc2C#CC2(OC)CCCC2)CCCC1. The van der Waals surface area contributed by atoms with Crippen molar-refractivity contribution >= 4 is 11.0 Å². The topological polar surface area (TPSA) is 44.2 Å². The maximum Gasteiger partial charge on any atom is 0.148 e. The van der Waals surface area contributed by atoms with Crippen molar-refractivity contribution in [2.75, 3.05) is 14.2 Å². The molecule has 28 heavy (non-hydrogen) atoms. The highest BCUT2D eigenvalue weighted by Gasteiger charge is 2.32. The normalized spacial score (nSPS) is 19.6. The van der Waals surface area contributed by atoms with Crippen LogP contribution in [0.3, 0.4) is 0 Å². The van der Waals surface area contributed by atoms with Crippen LogP contribution in [0.15, 0.2) is 24.3 Å². The fraction of sp³-hybridized carbons (Fsp3) is 0.500. The Morgan fingerprint density at radius 1 is 0.714 bits per heavy atom. The third-order valence-electron chi connectivity index (χ3n) is 5.99. The third-order valence-corrected chi connectivity index (χ3v) is 5.99. The summed E-state index contributed by atoms with van der Waals surface area (Å²) >= 11 is 0. The fourth-order valence-electron chi connectivity index (χ4n) is 4.17. The molecule has 2 saturated carbocycles. The minimum Gasteiger partial charge on any atom is -0.366 e. The van der Waals surface area contributed by atoms with Gasteiger partial charge >= 0.3 is 0 Å². The average molecular weight is 374 g/mol. The molecule has 0 N–H and O–H groups in total. The van der Waals surface area contributed by atoms with Crippen molar-refractivity contribution in [3.63, 3.8) is 0 Å². The Morgan fingerprint density at radius 2 is 1.11 bits per heavy atom. The van der Waals surface area contributed by atoms with Crippen molar-refractivity contribution < 1.29 is 9.47 Å². The zero-order valence-electron chi connectivity index (χ0n) is 16.7. The zero-order valence-corrected chi connectivity index (χ0v) is 16.7. The van der Waals surface area contributed by atoms with E-state index in [-0.39, 0.29) is 11.2 Å². The van der Waals surface area contributed by atoms with E-state index in [2.05, 4.69) is 23.7 Å². The van der Waals surface area contributed by atoms with Crippen molar-refractivity contribution in [1.29, 1.82) is 0 Å². The predicted molar refractivity (Wildman–Crippen MR) is 110 cm³/mol. The Bertz CT molecular complexity index is 898. The Kier molecular flexibility index (Phi) is 5.36. The number of aromatic nitrogens is 2. The minimum absolute atomic E-state index is 0.364. The molecule has 2 aromatic rings. The van der Waals surface area contributed by atoms with Crippen LogP contribution in [-0.4, -0.2) is 35.4 Å². The molecule has 0 unspecified atom stereocenters. The maximum atomic E-state index is 5.74. The van der Waals surface area contributed by atoms with Gasteiger partial charge < -0.3 is 9.47 Å². The highest BCUT2D eigenvalue weighted by Crippen LogP contribution is 2.33. The van der Waals surface area contributed by atoms with E-state index < -0.39 is 0 Å². The number of rotatable bonds is 2. The molecule has 2 fully saturated rings. The molecule has 0 atom stereocenters. The van der Waals surface area contributed by atoms with Gasteiger partial charge in [-0.15, -0.1) is 0 Å². The molecule has 0 bridgehead atoms. The summed E-state index contributed by atoms with van der Waals surface area (Å²) in [5.74, 6) is 13.2. The minimum atomic E-state index is -0.364. The molecule has 0 saturated heterocycles. The molecule has 0 amide bonds. The van der Waals surface area contributed by atoms with E-state index in [1.807, 2.05) is 24.3 Å². The van der Waals surface area contributed by atoms with Crippen LogP contribution in [0.5, 0.6) is 0 Å². The van der Waals surface area contributed by atoms with Crippen LogP contribution in [0, 0.1) is 23.7 Å². The predicted octanol–water partition coefficient (Wildman–Crippen LogP) is 4.25. The first-order chi connectivity index (χ1) is 13.7. The number of para-hydroxylation sites is 2. The van der Waals surface area contributed by atoms with Gasteiger partial charge in [-0.1, -0.05) is 24.0 Å². The van der Waals surface area contributed by atoms with Gasteiger partial charge in [-0.25, -0.2) is 9.97 Å². The van der Waals surface area contributed by atoms with Gasteiger partial charge in [0, 0.05) is 14.2 Å². The molecule has 0 aliphatic heterocycles. The van der Waals surface area contributed by atoms with Gasteiger partial charge in [0.15, 0.2) is 0 Å². The summed E-state index contributed by atoms with van der Waals surface area (Å²) in [6.45, 7) is 0. The number of methoxy groups -OCH3 is 2. The monoisotopic (exact) mass is 374 g/mol. The van der Waals surface area contributed by atoms with Gasteiger partial charge in [0.2, 0.25) is 0 Å². The number of benzene rings is 1. The molecule has 4 rings (SSSR count). The highest BCUT2D eigenvalue weighted by atomic mass is 16.5. The molecule has 2 aliphatic carbocycles. The van der Waals surface area contributed by atoms with Gasteiger partial charge in [-0.2, -0.15) is 0 Å². The van der Waals surface area contributed by atoms with E-state index in [1.54, 1.807) is 14.2 Å².